The molecule has 1 saturated heterocycles. The van der Waals surface area contributed by atoms with Gasteiger partial charge in [-0.3, -0.25) is 0 Å². The van der Waals surface area contributed by atoms with Crippen molar-refractivity contribution in [3.63, 3.8) is 0 Å². The van der Waals surface area contributed by atoms with E-state index in [2.05, 4.69) is 0 Å². The van der Waals surface area contributed by atoms with Crippen molar-refractivity contribution in [3.05, 3.63) is 22.4 Å². The number of urea groups is 1. The van der Waals surface area contributed by atoms with Crippen LogP contribution >= 0.6 is 11.3 Å². The number of rotatable bonds is 4. The lowest BCUT2D eigenvalue weighted by Gasteiger charge is -2.29. The van der Waals surface area contributed by atoms with Crippen molar-refractivity contribution >= 4 is 23.3 Å². The number of carboxylic acid groups (broad SMARTS) is 1. The van der Waals surface area contributed by atoms with Crippen molar-refractivity contribution in [2.45, 2.75) is 32.4 Å². The van der Waals surface area contributed by atoms with E-state index >= 15 is 0 Å². The van der Waals surface area contributed by atoms with E-state index in [-0.39, 0.29) is 6.03 Å². The second-order valence-corrected chi connectivity index (χ2v) is 5.60. The number of carbonyl (C=O) groups excluding carboxylic acids is 1. The molecule has 1 fully saturated rings. The highest BCUT2D eigenvalue weighted by molar-refractivity contribution is 7.09. The smallest absolute Gasteiger partial charge is 0.326 e. The molecule has 19 heavy (non-hydrogen) atoms. The van der Waals surface area contributed by atoms with Gasteiger partial charge in [-0.25, -0.2) is 9.59 Å². The minimum absolute atomic E-state index is 0.166. The van der Waals surface area contributed by atoms with Gasteiger partial charge in [-0.2, -0.15) is 0 Å². The van der Waals surface area contributed by atoms with Crippen LogP contribution in [0.1, 0.15) is 24.6 Å². The second-order valence-electron chi connectivity index (χ2n) is 4.57. The Hall–Kier alpha value is -1.56. The summed E-state index contributed by atoms with van der Waals surface area (Å²) >= 11 is 1.60. The van der Waals surface area contributed by atoms with Gasteiger partial charge in [-0.1, -0.05) is 6.07 Å². The zero-order chi connectivity index (χ0) is 13.8. The Morgan fingerprint density at radius 1 is 1.58 bits per heavy atom. The van der Waals surface area contributed by atoms with Gasteiger partial charge >= 0.3 is 12.0 Å². The van der Waals surface area contributed by atoms with Crippen molar-refractivity contribution in [3.8, 4) is 0 Å². The number of hydrogen-bond donors (Lipinski definition) is 1. The number of likely N-dealkylation sites (tertiary alicyclic amines) is 1. The van der Waals surface area contributed by atoms with Crippen molar-refractivity contribution in [1.29, 1.82) is 0 Å². The molecule has 0 aliphatic carbocycles. The monoisotopic (exact) mass is 282 g/mol. The molecule has 104 valence electrons. The average Bonchev–Trinajstić information content (AvgIpc) is 3.05. The van der Waals surface area contributed by atoms with E-state index in [1.807, 2.05) is 24.4 Å². The van der Waals surface area contributed by atoms with Gasteiger partial charge in [0.15, 0.2) is 0 Å². The topological polar surface area (TPSA) is 60.9 Å². The molecule has 1 aromatic rings. The van der Waals surface area contributed by atoms with E-state index in [0.717, 1.165) is 11.3 Å². The summed E-state index contributed by atoms with van der Waals surface area (Å²) in [7, 11) is 0. The molecule has 0 spiro atoms. The molecule has 0 saturated carbocycles. The van der Waals surface area contributed by atoms with Crippen LogP contribution in [0, 0.1) is 0 Å². The number of carbonyl (C=O) groups is 2. The summed E-state index contributed by atoms with van der Waals surface area (Å²) in [6.45, 7) is 3.59. The minimum Gasteiger partial charge on any atom is -0.480 e. The van der Waals surface area contributed by atoms with Crippen molar-refractivity contribution < 1.29 is 14.7 Å². The fourth-order valence-corrected chi connectivity index (χ4v) is 3.06. The van der Waals surface area contributed by atoms with E-state index in [1.165, 1.54) is 4.90 Å². The first-order valence-electron chi connectivity index (χ1n) is 6.44. The fourth-order valence-electron chi connectivity index (χ4n) is 2.34. The lowest BCUT2D eigenvalue weighted by atomic mass is 10.2. The Morgan fingerprint density at radius 2 is 2.37 bits per heavy atom. The summed E-state index contributed by atoms with van der Waals surface area (Å²) in [5.41, 5.74) is 0. The maximum Gasteiger partial charge on any atom is 0.326 e. The number of hydrogen-bond acceptors (Lipinski definition) is 3. The summed E-state index contributed by atoms with van der Waals surface area (Å²) in [6, 6.07) is 3.11. The third-order valence-corrected chi connectivity index (χ3v) is 4.22. The Labute approximate surface area is 116 Å². The van der Waals surface area contributed by atoms with Gasteiger partial charge in [-0.15, -0.1) is 11.3 Å². The van der Waals surface area contributed by atoms with Crippen LogP contribution in [0.15, 0.2) is 17.5 Å². The molecule has 0 radical (unpaired) electrons. The zero-order valence-electron chi connectivity index (χ0n) is 10.9. The van der Waals surface area contributed by atoms with E-state index in [1.54, 1.807) is 16.2 Å². The standard InChI is InChI=1S/C13H18N2O3S/c1-2-14(9-10-5-4-8-19-10)13(18)15-7-3-6-11(15)12(16)17/h4-5,8,11H,2-3,6-7,9H2,1H3,(H,16,17). The third-order valence-electron chi connectivity index (χ3n) is 3.36. The van der Waals surface area contributed by atoms with Gasteiger partial charge in [0.2, 0.25) is 0 Å². The van der Waals surface area contributed by atoms with Crippen molar-refractivity contribution in [2.75, 3.05) is 13.1 Å². The van der Waals surface area contributed by atoms with Gasteiger partial charge in [0.1, 0.15) is 6.04 Å². The summed E-state index contributed by atoms with van der Waals surface area (Å²) in [5.74, 6) is -0.905. The minimum atomic E-state index is -0.905. The lowest BCUT2D eigenvalue weighted by Crippen LogP contribution is -2.47. The van der Waals surface area contributed by atoms with Crippen LogP contribution in [-0.2, 0) is 11.3 Å². The van der Waals surface area contributed by atoms with E-state index in [9.17, 15) is 9.59 Å². The summed E-state index contributed by atoms with van der Waals surface area (Å²) in [4.78, 5) is 27.8. The Balaban J connectivity index is 2.05. The van der Waals surface area contributed by atoms with E-state index in [4.69, 9.17) is 5.11 Å². The molecular weight excluding hydrogens is 264 g/mol. The molecule has 1 aromatic heterocycles. The van der Waals surface area contributed by atoms with Crippen LogP contribution in [0.5, 0.6) is 0 Å². The number of aliphatic carboxylic acids is 1. The highest BCUT2D eigenvalue weighted by Gasteiger charge is 2.35. The van der Waals surface area contributed by atoms with E-state index < -0.39 is 12.0 Å². The molecular formula is C13H18N2O3S. The molecule has 1 atom stereocenters. The zero-order valence-corrected chi connectivity index (χ0v) is 11.7. The SMILES string of the molecule is CCN(Cc1cccs1)C(=O)N1CCCC1C(=O)O. The van der Waals surface area contributed by atoms with Crippen LogP contribution in [0.4, 0.5) is 4.79 Å². The highest BCUT2D eigenvalue weighted by atomic mass is 32.1. The molecule has 5 nitrogen and oxygen atoms in total. The first-order valence-corrected chi connectivity index (χ1v) is 7.32. The van der Waals surface area contributed by atoms with Crippen molar-refractivity contribution in [1.82, 2.24) is 9.80 Å². The van der Waals surface area contributed by atoms with Crippen LogP contribution < -0.4 is 0 Å². The van der Waals surface area contributed by atoms with Gasteiger partial charge in [-0.05, 0) is 31.2 Å². The number of amides is 2. The second kappa shape index (κ2) is 6.06. The lowest BCUT2D eigenvalue weighted by molar-refractivity contribution is -0.141. The average molecular weight is 282 g/mol. The van der Waals surface area contributed by atoms with E-state index in [0.29, 0.717) is 26.1 Å². The van der Waals surface area contributed by atoms with Crippen molar-refractivity contribution in [2.24, 2.45) is 0 Å². The molecule has 2 rings (SSSR count). The first-order chi connectivity index (χ1) is 9.13. The largest absolute Gasteiger partial charge is 0.480 e. The molecule has 0 aromatic carbocycles. The van der Waals surface area contributed by atoms with Crippen LogP contribution in [0.2, 0.25) is 0 Å². The molecule has 6 heteroatoms. The number of carboxylic acids is 1. The summed E-state index contributed by atoms with van der Waals surface area (Å²) in [5, 5.41) is 11.1. The third kappa shape index (κ3) is 3.07. The summed E-state index contributed by atoms with van der Waals surface area (Å²) in [6.07, 6.45) is 1.32. The molecule has 0 bridgehead atoms. The maximum absolute atomic E-state index is 12.4. The fraction of sp³-hybridized carbons (Fsp3) is 0.538. The Morgan fingerprint density at radius 3 is 2.95 bits per heavy atom. The first kappa shape index (κ1) is 13.9. The van der Waals surface area contributed by atoms with Gasteiger partial charge < -0.3 is 14.9 Å². The predicted octanol–water partition coefficient (Wildman–Crippen LogP) is 2.24. The highest BCUT2D eigenvalue weighted by Crippen LogP contribution is 2.21. The maximum atomic E-state index is 12.4. The van der Waals surface area contributed by atoms with Gasteiger partial charge in [0.05, 0.1) is 6.54 Å². The molecule has 2 amide bonds. The molecule has 2 heterocycles. The summed E-state index contributed by atoms with van der Waals surface area (Å²) < 4.78 is 0. The number of thiophene rings is 1. The van der Waals surface area contributed by atoms with Crippen LogP contribution in [0.3, 0.4) is 0 Å². The van der Waals surface area contributed by atoms with Gasteiger partial charge in [0, 0.05) is 18.0 Å². The van der Waals surface area contributed by atoms with Crippen LogP contribution in [0.25, 0.3) is 0 Å². The van der Waals surface area contributed by atoms with Gasteiger partial charge in [0.25, 0.3) is 0 Å². The Kier molecular flexibility index (Phi) is 4.42. The molecule has 1 N–H and O–H groups in total. The Bertz CT molecular complexity index is 447. The molecule has 1 aliphatic rings. The predicted molar refractivity (Wildman–Crippen MR) is 73.2 cm³/mol. The number of nitrogens with zero attached hydrogens (tertiary/aromatic N) is 2. The normalized spacial score (nSPS) is 18.6. The molecule has 1 aliphatic heterocycles. The van der Waals surface area contributed by atoms with Crippen LogP contribution in [-0.4, -0.2) is 46.0 Å². The quantitative estimate of drug-likeness (QED) is 0.921. The molecule has 1 unspecified atom stereocenters.